The van der Waals surface area contributed by atoms with Crippen molar-refractivity contribution in [1.82, 2.24) is 0 Å². The normalized spacial score (nSPS) is 17.2. The fourth-order valence-corrected chi connectivity index (χ4v) is 1.77. The summed E-state index contributed by atoms with van der Waals surface area (Å²) < 4.78 is 1.51. The van der Waals surface area contributed by atoms with Gasteiger partial charge in [0.25, 0.3) is 0 Å². The second-order valence-electron chi connectivity index (χ2n) is 4.16. The van der Waals surface area contributed by atoms with E-state index in [0.717, 1.165) is 19.3 Å². The van der Waals surface area contributed by atoms with E-state index in [4.69, 9.17) is 0 Å². The standard InChI is InChI=1S/C12H13.C3H6.Zr/c1-2-10-8-5-9-12(10)11-6-3-4-7-11;1-3-2;/h3-4,6,8H,2,5,7H2,1H3;1-2H3;/q-1;;. The van der Waals surface area contributed by atoms with E-state index in [1.54, 1.807) is 24.2 Å². The molecule has 0 saturated carbocycles. The minimum atomic E-state index is 1.01. The van der Waals surface area contributed by atoms with Gasteiger partial charge in [-0.25, -0.2) is 0 Å². The number of rotatable bonds is 2. The van der Waals surface area contributed by atoms with Crippen LogP contribution in [0, 0.1) is 6.08 Å². The van der Waals surface area contributed by atoms with Crippen LogP contribution in [-0.2, 0) is 24.2 Å². The molecule has 0 radical (unpaired) electrons. The maximum absolute atomic E-state index is 3.42. The Morgan fingerprint density at radius 1 is 1.44 bits per heavy atom. The summed E-state index contributed by atoms with van der Waals surface area (Å²) in [7, 11) is 0. The first-order chi connectivity index (χ1) is 7.65. The van der Waals surface area contributed by atoms with Gasteiger partial charge in [-0.15, -0.1) is 17.7 Å². The van der Waals surface area contributed by atoms with Crippen molar-refractivity contribution >= 4 is 3.21 Å². The molecule has 16 heavy (non-hydrogen) atoms. The minimum absolute atomic E-state index is 1.01. The van der Waals surface area contributed by atoms with Gasteiger partial charge in [0.05, 0.1) is 0 Å². The van der Waals surface area contributed by atoms with Gasteiger partial charge >= 0.3 is 41.3 Å². The molecule has 0 saturated heterocycles. The maximum atomic E-state index is 3.42. The van der Waals surface area contributed by atoms with Crippen LogP contribution < -0.4 is 0 Å². The summed E-state index contributed by atoms with van der Waals surface area (Å²) in [5.74, 6) is 0. The van der Waals surface area contributed by atoms with Crippen molar-refractivity contribution in [2.45, 2.75) is 40.0 Å². The van der Waals surface area contributed by atoms with Gasteiger partial charge in [-0.3, -0.25) is 0 Å². The number of allylic oxidation sites excluding steroid dienone is 8. The molecule has 84 valence electrons. The van der Waals surface area contributed by atoms with Crippen LogP contribution in [0.1, 0.15) is 40.0 Å². The molecule has 2 rings (SSSR count). The fraction of sp³-hybridized carbons (Fsp3) is 0.400. The van der Waals surface area contributed by atoms with Crippen LogP contribution in [0.2, 0.25) is 0 Å². The zero-order chi connectivity index (χ0) is 12.0. The molecular weight excluding hydrogens is 271 g/mol. The van der Waals surface area contributed by atoms with Gasteiger partial charge in [0.1, 0.15) is 0 Å². The first-order valence-electron chi connectivity index (χ1n) is 5.83. The second-order valence-corrected chi connectivity index (χ2v) is 6.62. The fourth-order valence-electron chi connectivity index (χ4n) is 1.77. The molecule has 0 bridgehead atoms. The topological polar surface area (TPSA) is 0 Å². The monoisotopic (exact) mass is 289 g/mol. The average molecular weight is 291 g/mol. The molecule has 0 aromatic carbocycles. The number of hydrogen-bond acceptors (Lipinski definition) is 0. The molecule has 0 atom stereocenters. The van der Waals surface area contributed by atoms with Crippen molar-refractivity contribution in [3.63, 3.8) is 0 Å². The zero-order valence-corrected chi connectivity index (χ0v) is 12.9. The zero-order valence-electron chi connectivity index (χ0n) is 10.4. The molecule has 0 nitrogen and oxygen atoms in total. The van der Waals surface area contributed by atoms with E-state index in [1.165, 1.54) is 19.9 Å². The Bertz CT molecular complexity index is 374. The number of hydrogen-bond donors (Lipinski definition) is 0. The summed E-state index contributed by atoms with van der Waals surface area (Å²) in [6.07, 6.45) is 15.5. The van der Waals surface area contributed by atoms with Crippen LogP contribution in [0.15, 0.2) is 41.0 Å². The van der Waals surface area contributed by atoms with E-state index in [9.17, 15) is 0 Å². The molecule has 1 heteroatoms. The summed E-state index contributed by atoms with van der Waals surface area (Å²) in [4.78, 5) is 0. The van der Waals surface area contributed by atoms with Crippen LogP contribution in [0.4, 0.5) is 0 Å². The van der Waals surface area contributed by atoms with E-state index in [0.29, 0.717) is 0 Å². The van der Waals surface area contributed by atoms with Crippen molar-refractivity contribution in [2.75, 3.05) is 0 Å². The molecule has 0 unspecified atom stereocenters. The Labute approximate surface area is 114 Å². The van der Waals surface area contributed by atoms with Crippen LogP contribution in [0.3, 0.4) is 0 Å². The summed E-state index contributed by atoms with van der Waals surface area (Å²) >= 11 is 1.55. The Balaban J connectivity index is 0.000000280. The van der Waals surface area contributed by atoms with Gasteiger partial charge in [0, 0.05) is 0 Å². The van der Waals surface area contributed by atoms with E-state index in [1.807, 2.05) is 0 Å². The van der Waals surface area contributed by atoms with Gasteiger partial charge in [0.15, 0.2) is 0 Å². The Kier molecular flexibility index (Phi) is 6.13. The molecule has 0 aliphatic heterocycles. The Morgan fingerprint density at radius 2 is 2.12 bits per heavy atom. The first kappa shape index (κ1) is 13.8. The van der Waals surface area contributed by atoms with E-state index in [-0.39, 0.29) is 0 Å². The molecule has 0 spiro atoms. The average Bonchev–Trinajstić information content (AvgIpc) is 2.87. The third-order valence-electron chi connectivity index (χ3n) is 2.42. The first-order valence-corrected chi connectivity index (χ1v) is 7.06. The van der Waals surface area contributed by atoms with Crippen molar-refractivity contribution in [3.8, 4) is 0 Å². The molecular formula is C15H19Zr-. The molecule has 0 aromatic heterocycles. The quantitative estimate of drug-likeness (QED) is 0.672. The molecule has 0 N–H and O–H groups in total. The molecule has 0 heterocycles. The second kappa shape index (κ2) is 7.12. The Morgan fingerprint density at radius 3 is 2.62 bits per heavy atom. The van der Waals surface area contributed by atoms with Gasteiger partial charge in [-0.1, -0.05) is 38.3 Å². The van der Waals surface area contributed by atoms with Gasteiger partial charge in [-0.05, 0) is 0 Å². The van der Waals surface area contributed by atoms with Gasteiger partial charge in [0.2, 0.25) is 0 Å². The molecule has 0 amide bonds. The van der Waals surface area contributed by atoms with Crippen LogP contribution in [-0.4, -0.2) is 3.21 Å². The SMILES string of the molecule is CCC1=CC[C-]=C1C1=CC=CC1.C[C](C)=[Zr]. The predicted octanol–water partition coefficient (Wildman–Crippen LogP) is 4.09. The van der Waals surface area contributed by atoms with Crippen molar-refractivity contribution in [1.29, 1.82) is 0 Å². The predicted molar refractivity (Wildman–Crippen MR) is 67.9 cm³/mol. The van der Waals surface area contributed by atoms with Crippen LogP contribution in [0.5, 0.6) is 0 Å². The van der Waals surface area contributed by atoms with E-state index >= 15 is 0 Å². The third-order valence-corrected chi connectivity index (χ3v) is 2.42. The third kappa shape index (κ3) is 4.30. The van der Waals surface area contributed by atoms with Gasteiger partial charge in [-0.2, -0.15) is 17.2 Å². The molecule has 2 aliphatic carbocycles. The van der Waals surface area contributed by atoms with Crippen molar-refractivity contribution in [2.24, 2.45) is 0 Å². The van der Waals surface area contributed by atoms with Crippen molar-refractivity contribution in [3.05, 3.63) is 47.1 Å². The summed E-state index contributed by atoms with van der Waals surface area (Å²) in [5.41, 5.74) is 4.30. The van der Waals surface area contributed by atoms with Crippen LogP contribution >= 0.6 is 0 Å². The Hall–Kier alpha value is -0.287. The van der Waals surface area contributed by atoms with Crippen molar-refractivity contribution < 1.29 is 24.2 Å². The van der Waals surface area contributed by atoms with Gasteiger partial charge < -0.3 is 0 Å². The molecule has 2 aliphatic rings. The summed E-state index contributed by atoms with van der Waals surface area (Å²) in [6, 6.07) is 0. The molecule has 0 aromatic rings. The van der Waals surface area contributed by atoms with Crippen LogP contribution in [0.25, 0.3) is 0 Å². The summed E-state index contributed by atoms with van der Waals surface area (Å²) in [6.45, 7) is 6.46. The van der Waals surface area contributed by atoms with E-state index in [2.05, 4.69) is 51.2 Å². The summed E-state index contributed by atoms with van der Waals surface area (Å²) in [5, 5.41) is 0. The molecule has 0 fully saturated rings. The van der Waals surface area contributed by atoms with E-state index < -0.39 is 0 Å².